The van der Waals surface area contributed by atoms with Gasteiger partial charge in [-0.25, -0.2) is 0 Å². The number of carbonyl (C=O) groups is 1. The first-order chi connectivity index (χ1) is 7.73. The van der Waals surface area contributed by atoms with E-state index in [2.05, 4.69) is 0 Å². The van der Waals surface area contributed by atoms with Crippen LogP contribution in [0.1, 0.15) is 0 Å². The number of likely N-dealkylation sites (N-methyl/N-ethyl adjacent to an activating group) is 1. The first-order valence-electron chi connectivity index (χ1n) is 4.75. The van der Waals surface area contributed by atoms with E-state index in [1.165, 1.54) is 14.1 Å². The molecular formula is C7H17N2O7S2+. The summed E-state index contributed by atoms with van der Waals surface area (Å²) in [4.78, 5) is 10.8. The number of amides is 1. The molecule has 0 spiro atoms. The maximum atomic E-state index is 11.0. The summed E-state index contributed by atoms with van der Waals surface area (Å²) < 4.78 is 60.7. The van der Waals surface area contributed by atoms with Crippen molar-refractivity contribution in [1.82, 2.24) is 0 Å². The molecule has 0 aromatic carbocycles. The van der Waals surface area contributed by atoms with E-state index in [-0.39, 0.29) is 17.6 Å². The Bertz CT molecular complexity index is 508. The second kappa shape index (κ2) is 5.48. The highest BCUT2D eigenvalue weighted by Crippen LogP contribution is 2.09. The van der Waals surface area contributed by atoms with Crippen LogP contribution in [0.2, 0.25) is 0 Å². The fourth-order valence-electron chi connectivity index (χ4n) is 1.51. The lowest BCUT2D eigenvalue weighted by Gasteiger charge is -2.30. The standard InChI is InChI=1S/C7H16N2O7S2/c1-9(2,4-7(8)10)3-6(18(14,15)16)5-17(11,12)13/h6H,3-5H2,1-2H3,(H3-,8,10,11,12,13,14,15,16)/p+1. The van der Waals surface area contributed by atoms with Gasteiger partial charge in [-0.1, -0.05) is 0 Å². The predicted octanol–water partition coefficient (Wildman–Crippen LogP) is -2.31. The fourth-order valence-corrected chi connectivity index (χ4v) is 3.88. The number of rotatable bonds is 7. The van der Waals surface area contributed by atoms with Crippen molar-refractivity contribution in [2.24, 2.45) is 5.73 Å². The van der Waals surface area contributed by atoms with Gasteiger partial charge in [-0.15, -0.1) is 0 Å². The van der Waals surface area contributed by atoms with Crippen LogP contribution in [0.15, 0.2) is 0 Å². The molecule has 0 saturated heterocycles. The number of hydrogen-bond donors (Lipinski definition) is 3. The van der Waals surface area contributed by atoms with Crippen LogP contribution in [0.25, 0.3) is 0 Å². The van der Waals surface area contributed by atoms with Crippen molar-refractivity contribution in [3.8, 4) is 0 Å². The van der Waals surface area contributed by atoms with E-state index in [1.807, 2.05) is 0 Å². The Labute approximate surface area is 106 Å². The van der Waals surface area contributed by atoms with Gasteiger partial charge in [0.2, 0.25) is 0 Å². The van der Waals surface area contributed by atoms with E-state index in [9.17, 15) is 21.6 Å². The van der Waals surface area contributed by atoms with Gasteiger partial charge >= 0.3 is 0 Å². The zero-order valence-corrected chi connectivity index (χ0v) is 11.6. The van der Waals surface area contributed by atoms with Crippen LogP contribution in [0, 0.1) is 0 Å². The molecule has 4 N–H and O–H groups in total. The monoisotopic (exact) mass is 305 g/mol. The fraction of sp³-hybridized carbons (Fsp3) is 0.857. The van der Waals surface area contributed by atoms with Crippen molar-refractivity contribution in [2.45, 2.75) is 5.25 Å². The summed E-state index contributed by atoms with van der Waals surface area (Å²) in [5.41, 5.74) is 4.96. The van der Waals surface area contributed by atoms with E-state index >= 15 is 0 Å². The lowest BCUT2D eigenvalue weighted by atomic mass is 10.3. The molecule has 9 nitrogen and oxygen atoms in total. The van der Waals surface area contributed by atoms with Crippen LogP contribution in [0.4, 0.5) is 0 Å². The number of primary amides is 1. The minimum atomic E-state index is -4.67. The molecule has 1 amide bonds. The van der Waals surface area contributed by atoms with E-state index in [0.29, 0.717) is 0 Å². The van der Waals surface area contributed by atoms with Crippen LogP contribution in [-0.2, 0) is 25.0 Å². The van der Waals surface area contributed by atoms with Crippen molar-refractivity contribution in [2.75, 3.05) is 32.9 Å². The summed E-state index contributed by atoms with van der Waals surface area (Å²) in [5.74, 6) is -1.85. The molecule has 0 heterocycles. The number of quaternary nitrogens is 1. The van der Waals surface area contributed by atoms with E-state index < -0.39 is 37.1 Å². The van der Waals surface area contributed by atoms with Gasteiger partial charge < -0.3 is 10.2 Å². The molecule has 0 rings (SSSR count). The summed E-state index contributed by atoms with van der Waals surface area (Å²) in [7, 11) is -6.37. The molecular weight excluding hydrogens is 288 g/mol. The highest BCUT2D eigenvalue weighted by Gasteiger charge is 2.35. The average Bonchev–Trinajstić information content (AvgIpc) is 1.93. The minimum absolute atomic E-state index is 0.239. The van der Waals surface area contributed by atoms with Gasteiger partial charge in [-0.3, -0.25) is 13.9 Å². The number of nitrogens with zero attached hydrogens (tertiary/aromatic N) is 1. The van der Waals surface area contributed by atoms with E-state index in [4.69, 9.17) is 14.8 Å². The van der Waals surface area contributed by atoms with Crippen molar-refractivity contribution >= 4 is 26.1 Å². The summed E-state index contributed by atoms with van der Waals surface area (Å²) >= 11 is 0. The first kappa shape index (κ1) is 17.2. The predicted molar refractivity (Wildman–Crippen MR) is 62.8 cm³/mol. The Morgan fingerprint density at radius 1 is 1.22 bits per heavy atom. The second-order valence-electron chi connectivity index (χ2n) is 4.63. The van der Waals surface area contributed by atoms with Crippen molar-refractivity contribution < 1.29 is 35.2 Å². The zero-order chi connectivity index (χ0) is 14.8. The van der Waals surface area contributed by atoms with Crippen LogP contribution < -0.4 is 5.73 Å². The third kappa shape index (κ3) is 7.55. The molecule has 1 atom stereocenters. The Balaban J connectivity index is 5.09. The van der Waals surface area contributed by atoms with Crippen LogP contribution in [-0.4, -0.2) is 74.5 Å². The Kier molecular flexibility index (Phi) is 5.26. The molecule has 0 aliphatic heterocycles. The molecule has 11 heteroatoms. The quantitative estimate of drug-likeness (QED) is 0.353. The Hall–Kier alpha value is -0.750. The minimum Gasteiger partial charge on any atom is -0.365 e. The lowest BCUT2D eigenvalue weighted by molar-refractivity contribution is -0.881. The van der Waals surface area contributed by atoms with Crippen molar-refractivity contribution in [3.63, 3.8) is 0 Å². The molecule has 0 bridgehead atoms. The van der Waals surface area contributed by atoms with Crippen LogP contribution >= 0.6 is 0 Å². The van der Waals surface area contributed by atoms with Crippen molar-refractivity contribution in [3.05, 3.63) is 0 Å². The third-order valence-corrected chi connectivity index (χ3v) is 4.29. The van der Waals surface area contributed by atoms with E-state index in [1.54, 1.807) is 0 Å². The molecule has 0 aliphatic carbocycles. The number of hydrogen-bond acceptors (Lipinski definition) is 5. The molecule has 0 radical (unpaired) electrons. The Morgan fingerprint density at radius 2 is 1.67 bits per heavy atom. The molecule has 18 heavy (non-hydrogen) atoms. The van der Waals surface area contributed by atoms with Gasteiger partial charge in [0.1, 0.15) is 5.75 Å². The largest absolute Gasteiger partial charge is 0.365 e. The molecule has 108 valence electrons. The van der Waals surface area contributed by atoms with Gasteiger partial charge in [0.15, 0.2) is 11.8 Å². The van der Waals surface area contributed by atoms with Crippen LogP contribution in [0.5, 0.6) is 0 Å². The molecule has 0 aromatic heterocycles. The first-order valence-corrected chi connectivity index (χ1v) is 7.86. The SMILES string of the molecule is C[N+](C)(CC(N)=O)CC(CS(=O)(=O)O)S(=O)(=O)O. The molecule has 0 fully saturated rings. The van der Waals surface area contributed by atoms with Gasteiger partial charge in [-0.2, -0.15) is 16.8 Å². The van der Waals surface area contributed by atoms with Gasteiger partial charge in [0, 0.05) is 0 Å². The molecule has 0 aromatic rings. The number of nitrogens with two attached hydrogens (primary N) is 1. The van der Waals surface area contributed by atoms with Gasteiger partial charge in [0.05, 0.1) is 20.6 Å². The molecule has 0 saturated carbocycles. The maximum Gasteiger partial charge on any atom is 0.274 e. The summed E-state index contributed by atoms with van der Waals surface area (Å²) in [6.45, 7) is -0.626. The highest BCUT2D eigenvalue weighted by molar-refractivity contribution is 7.90. The summed E-state index contributed by atoms with van der Waals surface area (Å²) in [5, 5.41) is -1.73. The summed E-state index contributed by atoms with van der Waals surface area (Å²) in [6.07, 6.45) is 0. The van der Waals surface area contributed by atoms with Gasteiger partial charge in [0.25, 0.3) is 26.1 Å². The maximum absolute atomic E-state index is 11.0. The summed E-state index contributed by atoms with van der Waals surface area (Å²) in [6, 6.07) is 0. The molecule has 0 aliphatic rings. The number of carbonyl (C=O) groups excluding carboxylic acids is 1. The van der Waals surface area contributed by atoms with E-state index in [0.717, 1.165) is 0 Å². The van der Waals surface area contributed by atoms with Crippen LogP contribution in [0.3, 0.4) is 0 Å². The highest BCUT2D eigenvalue weighted by atomic mass is 32.2. The van der Waals surface area contributed by atoms with Crippen molar-refractivity contribution in [1.29, 1.82) is 0 Å². The topological polar surface area (TPSA) is 152 Å². The smallest absolute Gasteiger partial charge is 0.274 e. The normalized spacial score (nSPS) is 15.3. The third-order valence-electron chi connectivity index (χ3n) is 2.10. The lowest BCUT2D eigenvalue weighted by Crippen LogP contribution is -2.53. The second-order valence-corrected chi connectivity index (χ2v) is 7.82. The molecule has 1 unspecified atom stereocenters. The Morgan fingerprint density at radius 3 is 1.94 bits per heavy atom. The van der Waals surface area contributed by atoms with Gasteiger partial charge in [-0.05, 0) is 0 Å². The average molecular weight is 305 g/mol. The zero-order valence-electron chi connectivity index (χ0n) is 9.98.